The molecule has 0 bridgehead atoms. The number of benzene rings is 1. The van der Waals surface area contributed by atoms with Crippen molar-refractivity contribution < 1.29 is 33.5 Å². The summed E-state index contributed by atoms with van der Waals surface area (Å²) in [7, 11) is -0.554. The normalized spacial score (nSPS) is 22.1. The molecule has 0 spiro atoms. The molecule has 2 saturated heterocycles. The van der Waals surface area contributed by atoms with Gasteiger partial charge in [0.15, 0.2) is 0 Å². The summed E-state index contributed by atoms with van der Waals surface area (Å²) >= 11 is 0. The van der Waals surface area contributed by atoms with Gasteiger partial charge in [-0.05, 0) is 72.3 Å². The van der Waals surface area contributed by atoms with E-state index >= 15 is 0 Å². The Morgan fingerprint density at radius 1 is 1.19 bits per heavy atom. The number of hydrogen-bond acceptors (Lipinski definition) is 6. The van der Waals surface area contributed by atoms with Crippen LogP contribution in [0.25, 0.3) is 0 Å². The lowest BCUT2D eigenvalue weighted by molar-refractivity contribution is -0.146. The highest BCUT2D eigenvalue weighted by Gasteiger charge is 2.51. The van der Waals surface area contributed by atoms with E-state index in [2.05, 4.69) is 5.32 Å². The highest BCUT2D eigenvalue weighted by Crippen LogP contribution is 2.36. The molecule has 3 rings (SSSR count). The first-order valence-electron chi connectivity index (χ1n) is 12.5. The maximum absolute atomic E-state index is 13.5. The first kappa shape index (κ1) is 28.0. The van der Waals surface area contributed by atoms with Crippen LogP contribution >= 0.6 is 0 Å². The molecular weight excluding hydrogens is 463 g/mol. The van der Waals surface area contributed by atoms with E-state index in [1.807, 2.05) is 52.0 Å². The Morgan fingerprint density at radius 2 is 1.83 bits per heavy atom. The van der Waals surface area contributed by atoms with Crippen molar-refractivity contribution >= 4 is 30.6 Å². The first-order chi connectivity index (χ1) is 16.6. The van der Waals surface area contributed by atoms with Gasteiger partial charge in [0.05, 0.1) is 17.1 Å². The molecule has 36 heavy (non-hydrogen) atoms. The molecule has 0 unspecified atom stereocenters. The van der Waals surface area contributed by atoms with Crippen molar-refractivity contribution in [2.45, 2.75) is 90.6 Å². The van der Waals surface area contributed by atoms with Crippen molar-refractivity contribution in [2.24, 2.45) is 5.92 Å². The van der Waals surface area contributed by atoms with Crippen LogP contribution in [0.15, 0.2) is 24.3 Å². The second kappa shape index (κ2) is 10.4. The third-order valence-corrected chi connectivity index (χ3v) is 6.99. The van der Waals surface area contributed by atoms with Crippen molar-refractivity contribution in [3.05, 3.63) is 29.8 Å². The van der Waals surface area contributed by atoms with Gasteiger partial charge in [-0.15, -0.1) is 0 Å². The van der Waals surface area contributed by atoms with Crippen LogP contribution in [-0.4, -0.2) is 71.0 Å². The number of carboxylic acid groups (broad SMARTS) is 1. The fourth-order valence-electron chi connectivity index (χ4n) is 4.33. The number of aliphatic carboxylic acids is 1. The molecule has 1 aromatic rings. The Balaban J connectivity index is 1.81. The summed E-state index contributed by atoms with van der Waals surface area (Å²) in [6.07, 6.45) is 0.632. The molecule has 2 fully saturated rings. The van der Waals surface area contributed by atoms with Crippen LogP contribution in [0, 0.1) is 5.92 Å². The van der Waals surface area contributed by atoms with Crippen molar-refractivity contribution in [3.63, 3.8) is 0 Å². The zero-order valence-corrected chi connectivity index (χ0v) is 22.4. The minimum absolute atomic E-state index is 0.120. The maximum atomic E-state index is 13.5. The minimum Gasteiger partial charge on any atom is -0.481 e. The highest BCUT2D eigenvalue weighted by atomic mass is 16.7. The molecule has 198 valence electrons. The predicted molar refractivity (Wildman–Crippen MR) is 136 cm³/mol. The Hall–Kier alpha value is -2.59. The van der Waals surface area contributed by atoms with Crippen LogP contribution in [0.1, 0.15) is 66.9 Å². The van der Waals surface area contributed by atoms with Gasteiger partial charge in [0, 0.05) is 19.5 Å². The molecule has 9 nitrogen and oxygen atoms in total. The Labute approximate surface area is 214 Å². The predicted octanol–water partition coefficient (Wildman–Crippen LogP) is 2.74. The van der Waals surface area contributed by atoms with E-state index in [0.29, 0.717) is 19.4 Å². The van der Waals surface area contributed by atoms with Gasteiger partial charge in [0.1, 0.15) is 11.6 Å². The SMILES string of the molecule is CC(C)(C)OC(=O)N[C@@H](Cc1cccc(B2OC(C)(C)C(C)(C)O2)c1)C(=O)N1CCC[C@@H](C(=O)O)C1. The lowest BCUT2D eigenvalue weighted by Crippen LogP contribution is -2.53. The van der Waals surface area contributed by atoms with Crippen LogP contribution in [0.3, 0.4) is 0 Å². The number of amides is 2. The van der Waals surface area contributed by atoms with Gasteiger partial charge in [0.25, 0.3) is 0 Å². The quantitative estimate of drug-likeness (QED) is 0.575. The molecule has 2 aliphatic rings. The Bertz CT molecular complexity index is 973. The van der Waals surface area contributed by atoms with Crippen LogP contribution in [0.5, 0.6) is 0 Å². The van der Waals surface area contributed by atoms with Gasteiger partial charge in [0.2, 0.25) is 5.91 Å². The van der Waals surface area contributed by atoms with Crippen LogP contribution in [0.4, 0.5) is 4.79 Å². The average molecular weight is 502 g/mol. The molecular formula is C26H39BN2O7. The summed E-state index contributed by atoms with van der Waals surface area (Å²) in [6, 6.07) is 6.65. The molecule has 2 atom stereocenters. The van der Waals surface area contributed by atoms with Crippen molar-refractivity contribution in [1.29, 1.82) is 0 Å². The summed E-state index contributed by atoms with van der Waals surface area (Å²) in [5.74, 6) is -1.86. The smallest absolute Gasteiger partial charge is 0.481 e. The number of likely N-dealkylation sites (tertiary alicyclic amines) is 1. The van der Waals surface area contributed by atoms with E-state index in [4.69, 9.17) is 14.0 Å². The van der Waals surface area contributed by atoms with Gasteiger partial charge in [-0.3, -0.25) is 9.59 Å². The summed E-state index contributed by atoms with van der Waals surface area (Å²) in [4.78, 5) is 39.1. The Morgan fingerprint density at radius 3 is 2.42 bits per heavy atom. The van der Waals surface area contributed by atoms with Crippen molar-refractivity contribution in [2.75, 3.05) is 13.1 Å². The molecule has 0 aromatic heterocycles. The maximum Gasteiger partial charge on any atom is 0.494 e. The molecule has 2 heterocycles. The number of nitrogens with one attached hydrogen (secondary N) is 1. The zero-order valence-electron chi connectivity index (χ0n) is 22.4. The van der Waals surface area contributed by atoms with Gasteiger partial charge < -0.3 is 29.4 Å². The summed E-state index contributed by atoms with van der Waals surface area (Å²) in [5.41, 5.74) is -0.0749. The zero-order chi connectivity index (χ0) is 26.9. The molecule has 2 amide bonds. The van der Waals surface area contributed by atoms with E-state index in [1.54, 1.807) is 20.8 Å². The topological polar surface area (TPSA) is 114 Å². The third kappa shape index (κ3) is 6.79. The number of hydrogen-bond donors (Lipinski definition) is 2. The molecule has 0 saturated carbocycles. The fraction of sp³-hybridized carbons (Fsp3) is 0.654. The number of rotatable bonds is 6. The van der Waals surface area contributed by atoms with Gasteiger partial charge in [-0.25, -0.2) is 4.79 Å². The molecule has 2 aliphatic heterocycles. The fourth-order valence-corrected chi connectivity index (χ4v) is 4.33. The summed E-state index contributed by atoms with van der Waals surface area (Å²) < 4.78 is 17.7. The molecule has 2 N–H and O–H groups in total. The number of piperidine rings is 1. The lowest BCUT2D eigenvalue weighted by atomic mass is 9.78. The second-order valence-electron chi connectivity index (χ2n) is 11.7. The first-order valence-corrected chi connectivity index (χ1v) is 12.5. The molecule has 10 heteroatoms. The number of carbonyl (C=O) groups excluding carboxylic acids is 2. The number of carbonyl (C=O) groups is 3. The van der Waals surface area contributed by atoms with Crippen LogP contribution in [0.2, 0.25) is 0 Å². The summed E-state index contributed by atoms with van der Waals surface area (Å²) in [6.45, 7) is 13.8. The van der Waals surface area contributed by atoms with Gasteiger partial charge in [-0.2, -0.15) is 0 Å². The standard InChI is InChI=1S/C26H39BN2O7/c1-24(2,3)34-23(33)28-20(21(30)29-13-9-11-18(16-29)22(31)32)15-17-10-8-12-19(14-17)27-35-25(4,5)26(6,7)36-27/h8,10,12,14,18,20H,9,11,13,15-16H2,1-7H3,(H,28,33)(H,31,32)/t18-,20+/m1/s1. The minimum atomic E-state index is -0.917. The molecule has 0 aliphatic carbocycles. The average Bonchev–Trinajstić information content (AvgIpc) is 2.98. The van der Waals surface area contributed by atoms with Gasteiger partial charge in [-0.1, -0.05) is 24.3 Å². The summed E-state index contributed by atoms with van der Waals surface area (Å²) in [5, 5.41) is 12.2. The Kier molecular flexibility index (Phi) is 8.10. The monoisotopic (exact) mass is 502 g/mol. The van der Waals surface area contributed by atoms with E-state index in [1.165, 1.54) is 4.90 Å². The molecule has 0 radical (unpaired) electrons. The largest absolute Gasteiger partial charge is 0.494 e. The number of ether oxygens (including phenoxy) is 1. The molecule has 1 aromatic carbocycles. The number of carboxylic acids is 1. The van der Waals surface area contributed by atoms with Gasteiger partial charge >= 0.3 is 19.2 Å². The second-order valence-corrected chi connectivity index (χ2v) is 11.7. The number of nitrogens with zero attached hydrogens (tertiary/aromatic N) is 1. The van der Waals surface area contributed by atoms with Crippen LogP contribution < -0.4 is 10.8 Å². The van der Waals surface area contributed by atoms with E-state index in [-0.39, 0.29) is 18.9 Å². The third-order valence-electron chi connectivity index (χ3n) is 6.99. The van der Waals surface area contributed by atoms with E-state index in [9.17, 15) is 19.5 Å². The van der Waals surface area contributed by atoms with Crippen molar-refractivity contribution in [3.8, 4) is 0 Å². The van der Waals surface area contributed by atoms with Crippen molar-refractivity contribution in [1.82, 2.24) is 10.2 Å². The van der Waals surface area contributed by atoms with E-state index < -0.39 is 47.9 Å². The lowest BCUT2D eigenvalue weighted by Gasteiger charge is -2.34. The van der Waals surface area contributed by atoms with Crippen LogP contribution in [-0.2, 0) is 30.1 Å². The highest BCUT2D eigenvalue weighted by molar-refractivity contribution is 6.62. The van der Waals surface area contributed by atoms with E-state index in [0.717, 1.165) is 11.0 Å². The number of alkyl carbamates (subject to hydrolysis) is 1.